The molecule has 0 aliphatic heterocycles. The van der Waals surface area contributed by atoms with Crippen molar-refractivity contribution in [3.05, 3.63) is 71.1 Å². The smallest absolute Gasteiger partial charge is 0.433 e. The third kappa shape index (κ3) is 4.17. The molecule has 2 heterocycles. The summed E-state index contributed by atoms with van der Waals surface area (Å²) >= 11 is 0. The van der Waals surface area contributed by atoms with Crippen molar-refractivity contribution in [2.45, 2.75) is 44.0 Å². The van der Waals surface area contributed by atoms with E-state index in [-0.39, 0.29) is 23.4 Å². The maximum absolute atomic E-state index is 14.0. The van der Waals surface area contributed by atoms with Gasteiger partial charge in [0.2, 0.25) is 0 Å². The Bertz CT molecular complexity index is 1190. The highest BCUT2D eigenvalue weighted by molar-refractivity contribution is 5.95. The molecule has 32 heavy (non-hydrogen) atoms. The predicted molar refractivity (Wildman–Crippen MR) is 105 cm³/mol. The van der Waals surface area contributed by atoms with E-state index in [4.69, 9.17) is 4.74 Å². The maximum atomic E-state index is 14.0. The largest absolute Gasteiger partial charge is 0.490 e. The number of carbonyl (C=O) groups is 1. The molecule has 1 saturated carbocycles. The number of carbonyl (C=O) groups excluding carboxylic acids is 1. The number of hydrogen-bond acceptors (Lipinski definition) is 4. The van der Waals surface area contributed by atoms with Gasteiger partial charge in [0.25, 0.3) is 5.91 Å². The number of nitrogens with one attached hydrogen (secondary N) is 1. The van der Waals surface area contributed by atoms with Crippen LogP contribution in [0, 0.1) is 5.82 Å². The molecule has 1 amide bonds. The van der Waals surface area contributed by atoms with Crippen LogP contribution < -0.4 is 10.1 Å². The van der Waals surface area contributed by atoms with Crippen molar-refractivity contribution < 1.29 is 27.1 Å². The maximum Gasteiger partial charge on any atom is 0.433 e. The zero-order valence-electron chi connectivity index (χ0n) is 16.7. The molecule has 2 aromatic heterocycles. The number of pyridine rings is 1. The molecular formula is C22H18F4N4O2. The van der Waals surface area contributed by atoms with Crippen LogP contribution in [-0.2, 0) is 12.6 Å². The Morgan fingerprint density at radius 2 is 1.97 bits per heavy atom. The summed E-state index contributed by atoms with van der Waals surface area (Å²) in [5.74, 6) is -0.707. The van der Waals surface area contributed by atoms with Gasteiger partial charge >= 0.3 is 6.18 Å². The van der Waals surface area contributed by atoms with Gasteiger partial charge in [-0.3, -0.25) is 9.78 Å². The third-order valence-electron chi connectivity index (χ3n) is 5.43. The van der Waals surface area contributed by atoms with E-state index in [0.29, 0.717) is 24.3 Å². The lowest BCUT2D eigenvalue weighted by Crippen LogP contribution is -2.27. The molecule has 0 spiro atoms. The lowest BCUT2D eigenvalue weighted by atomic mass is 10.1. The number of ether oxygens (including phenoxy) is 1. The van der Waals surface area contributed by atoms with Crippen LogP contribution in [0.3, 0.4) is 0 Å². The molecule has 6 nitrogen and oxygen atoms in total. The highest BCUT2D eigenvalue weighted by Crippen LogP contribution is 2.33. The molecule has 2 aliphatic carbocycles. The first-order valence-corrected chi connectivity index (χ1v) is 10.2. The van der Waals surface area contributed by atoms with Crippen LogP contribution in [0.2, 0.25) is 0 Å². The summed E-state index contributed by atoms with van der Waals surface area (Å²) in [6, 6.07) is 5.86. The van der Waals surface area contributed by atoms with Crippen LogP contribution in [0.5, 0.6) is 5.75 Å². The van der Waals surface area contributed by atoms with E-state index < -0.39 is 23.6 Å². The number of aryl methyl sites for hydroxylation is 1. The zero-order valence-corrected chi connectivity index (χ0v) is 16.7. The Hall–Kier alpha value is -3.43. The van der Waals surface area contributed by atoms with E-state index in [0.717, 1.165) is 36.7 Å². The van der Waals surface area contributed by atoms with Crippen LogP contribution >= 0.6 is 0 Å². The number of rotatable bonds is 5. The molecular weight excluding hydrogens is 428 g/mol. The summed E-state index contributed by atoms with van der Waals surface area (Å²) in [5.41, 5.74) is 0.766. The monoisotopic (exact) mass is 446 g/mol. The molecule has 5 rings (SSSR count). The second-order valence-electron chi connectivity index (χ2n) is 7.93. The van der Waals surface area contributed by atoms with Gasteiger partial charge in [-0.1, -0.05) is 0 Å². The molecule has 0 unspecified atom stereocenters. The third-order valence-corrected chi connectivity index (χ3v) is 5.43. The van der Waals surface area contributed by atoms with Crippen molar-refractivity contribution in [2.75, 3.05) is 0 Å². The van der Waals surface area contributed by atoms with Gasteiger partial charge in [0, 0.05) is 29.6 Å². The number of hydrogen-bond donors (Lipinski definition) is 1. The number of nitrogens with zero attached hydrogens (tertiary/aromatic N) is 3. The molecule has 0 radical (unpaired) electrons. The fourth-order valence-corrected chi connectivity index (χ4v) is 3.73. The van der Waals surface area contributed by atoms with E-state index >= 15 is 0 Å². The molecule has 0 bridgehead atoms. The Labute approximate surface area is 180 Å². The second-order valence-corrected chi connectivity index (χ2v) is 7.93. The van der Waals surface area contributed by atoms with Gasteiger partial charge in [-0.05, 0) is 49.9 Å². The summed E-state index contributed by atoms with van der Waals surface area (Å²) in [4.78, 5) is 16.1. The van der Waals surface area contributed by atoms with Crippen LogP contribution in [0.25, 0.3) is 5.69 Å². The normalized spacial score (nSPS) is 17.8. The molecule has 166 valence electrons. The fraction of sp³-hybridized carbons (Fsp3) is 0.318. The molecule has 1 atom stereocenters. The van der Waals surface area contributed by atoms with Crippen molar-refractivity contribution in [3.8, 4) is 11.4 Å². The predicted octanol–water partition coefficient (Wildman–Crippen LogP) is 4.38. The van der Waals surface area contributed by atoms with Crippen molar-refractivity contribution in [2.24, 2.45) is 0 Å². The van der Waals surface area contributed by atoms with Gasteiger partial charge < -0.3 is 10.1 Å². The molecule has 1 fully saturated rings. The summed E-state index contributed by atoms with van der Waals surface area (Å²) in [7, 11) is 0. The van der Waals surface area contributed by atoms with Gasteiger partial charge in [0.05, 0.1) is 23.5 Å². The number of fused-ring (bicyclic) bond motifs is 1. The first kappa shape index (κ1) is 20.5. The zero-order chi connectivity index (χ0) is 22.5. The number of halogens is 4. The molecule has 10 heteroatoms. The van der Waals surface area contributed by atoms with Crippen molar-refractivity contribution in [1.82, 2.24) is 20.1 Å². The Kier molecular flexibility index (Phi) is 4.87. The summed E-state index contributed by atoms with van der Waals surface area (Å²) < 4.78 is 59.8. The van der Waals surface area contributed by atoms with Gasteiger partial charge in [0.15, 0.2) is 0 Å². The van der Waals surface area contributed by atoms with E-state index in [2.05, 4.69) is 15.4 Å². The minimum Gasteiger partial charge on any atom is -0.490 e. The van der Waals surface area contributed by atoms with Crippen molar-refractivity contribution in [1.29, 1.82) is 0 Å². The van der Waals surface area contributed by atoms with Gasteiger partial charge in [0.1, 0.15) is 17.3 Å². The molecule has 1 N–H and O–H groups in total. The van der Waals surface area contributed by atoms with Crippen LogP contribution in [0.4, 0.5) is 17.6 Å². The molecule has 0 saturated heterocycles. The van der Waals surface area contributed by atoms with Crippen LogP contribution in [0.15, 0.2) is 42.7 Å². The minimum absolute atomic E-state index is 0.0713. The minimum atomic E-state index is -4.56. The van der Waals surface area contributed by atoms with E-state index in [1.54, 1.807) is 6.20 Å². The standard InChI is InChI=1S/C22H18F4N4O2/c23-13-7-12(8-16(9-13)32-15-1-2-15)21(31)28-18-3-4-19-17(18)11-30(29-19)14-5-6-27-20(10-14)22(24,25)26/h5-11,15,18H,1-4H2,(H,28,31)/t18-/m1/s1. The lowest BCUT2D eigenvalue weighted by Gasteiger charge is -2.14. The topological polar surface area (TPSA) is 69.0 Å². The van der Waals surface area contributed by atoms with Crippen LogP contribution in [-0.4, -0.2) is 26.8 Å². The first-order valence-electron chi connectivity index (χ1n) is 10.2. The number of benzene rings is 1. The fourth-order valence-electron chi connectivity index (χ4n) is 3.73. The summed E-state index contributed by atoms with van der Waals surface area (Å²) in [6.07, 6.45) is 1.17. The van der Waals surface area contributed by atoms with Crippen LogP contribution in [0.1, 0.15) is 52.6 Å². The molecule has 2 aliphatic rings. The van der Waals surface area contributed by atoms with E-state index in [9.17, 15) is 22.4 Å². The van der Waals surface area contributed by atoms with Gasteiger partial charge in [-0.15, -0.1) is 0 Å². The Balaban J connectivity index is 1.35. The van der Waals surface area contributed by atoms with E-state index in [1.165, 1.54) is 22.9 Å². The quantitative estimate of drug-likeness (QED) is 0.591. The Morgan fingerprint density at radius 1 is 1.16 bits per heavy atom. The van der Waals surface area contributed by atoms with Gasteiger partial charge in [-0.2, -0.15) is 18.3 Å². The highest BCUT2D eigenvalue weighted by atomic mass is 19.4. The van der Waals surface area contributed by atoms with Gasteiger partial charge in [-0.25, -0.2) is 9.07 Å². The Morgan fingerprint density at radius 3 is 2.72 bits per heavy atom. The average molecular weight is 446 g/mol. The summed E-state index contributed by atoms with van der Waals surface area (Å²) in [5, 5.41) is 7.24. The number of aromatic nitrogens is 3. The summed E-state index contributed by atoms with van der Waals surface area (Å²) in [6.45, 7) is 0. The molecule has 3 aromatic rings. The van der Waals surface area contributed by atoms with E-state index in [1.807, 2.05) is 0 Å². The average Bonchev–Trinajstić information content (AvgIpc) is 3.32. The lowest BCUT2D eigenvalue weighted by molar-refractivity contribution is -0.141. The first-order chi connectivity index (χ1) is 15.3. The second kappa shape index (κ2) is 7.61. The number of amides is 1. The highest BCUT2D eigenvalue weighted by Gasteiger charge is 2.33. The SMILES string of the molecule is O=C(N[C@@H]1CCc2nn(-c3ccnc(C(F)(F)F)c3)cc21)c1cc(F)cc(OC2CC2)c1. The van der Waals surface area contributed by atoms with Crippen molar-refractivity contribution in [3.63, 3.8) is 0 Å². The number of alkyl halides is 3. The van der Waals surface area contributed by atoms with Crippen molar-refractivity contribution >= 4 is 5.91 Å². The molecule has 1 aromatic carbocycles.